The fourth-order valence-electron chi connectivity index (χ4n) is 8.86. The van der Waals surface area contributed by atoms with E-state index in [1.54, 1.807) is 0 Å². The topological polar surface area (TPSA) is 154 Å². The van der Waals surface area contributed by atoms with Crippen LogP contribution in [0.1, 0.15) is 78.6 Å². The van der Waals surface area contributed by atoms with E-state index in [0.29, 0.717) is 25.7 Å². The Hall–Kier alpha value is -0.680. The summed E-state index contributed by atoms with van der Waals surface area (Å²) in [5, 5.41) is 32.6. The van der Waals surface area contributed by atoms with Gasteiger partial charge in [-0.15, -0.1) is 0 Å². The maximum atomic E-state index is 16.1. The van der Waals surface area contributed by atoms with Crippen molar-refractivity contribution in [2.24, 2.45) is 46.3 Å². The van der Waals surface area contributed by atoms with E-state index in [1.807, 2.05) is 20.8 Å². The summed E-state index contributed by atoms with van der Waals surface area (Å²) < 4.78 is 50.1. The molecule has 0 aromatic rings. The maximum absolute atomic E-state index is 16.1. The van der Waals surface area contributed by atoms with Gasteiger partial charge in [-0.25, -0.2) is 17.9 Å². The quantitative estimate of drug-likeness (QED) is 0.181. The first kappa shape index (κ1) is 29.3. The minimum Gasteiger partial charge on any atom is -0.438 e. The van der Waals surface area contributed by atoms with E-state index in [0.717, 1.165) is 0 Å². The molecule has 4 aliphatic rings. The van der Waals surface area contributed by atoms with Crippen molar-refractivity contribution in [1.29, 1.82) is 0 Å². The third-order valence-electron chi connectivity index (χ3n) is 10.8. The van der Waals surface area contributed by atoms with Gasteiger partial charge in [-0.3, -0.25) is 4.79 Å². The molecule has 0 aromatic carbocycles. The number of hydrogen-bond donors (Lipinski definition) is 5. The summed E-state index contributed by atoms with van der Waals surface area (Å²) in [7, 11) is -4.74. The Morgan fingerprint density at radius 1 is 1.11 bits per heavy atom. The Labute approximate surface area is 216 Å². The van der Waals surface area contributed by atoms with E-state index in [-0.39, 0.29) is 55.8 Å². The molecular formula is C25H41F2O9P. The number of ether oxygens (including phenoxy) is 1. The van der Waals surface area contributed by atoms with Crippen LogP contribution in [-0.4, -0.2) is 55.7 Å². The lowest BCUT2D eigenvalue weighted by Crippen LogP contribution is -2.65. The summed E-state index contributed by atoms with van der Waals surface area (Å²) in [6, 6.07) is 0. The Morgan fingerprint density at radius 2 is 1.78 bits per heavy atom. The van der Waals surface area contributed by atoms with Crippen LogP contribution >= 0.6 is 7.82 Å². The van der Waals surface area contributed by atoms with Crippen molar-refractivity contribution in [2.75, 3.05) is 6.79 Å². The van der Waals surface area contributed by atoms with Gasteiger partial charge >= 0.3 is 13.8 Å². The highest BCUT2D eigenvalue weighted by molar-refractivity contribution is 7.46. The molecule has 4 fully saturated rings. The number of aliphatic hydroxyl groups is 3. The summed E-state index contributed by atoms with van der Waals surface area (Å²) in [5.74, 6) is -7.54. The molecule has 0 radical (unpaired) electrons. The Bertz CT molecular complexity index is 926. The zero-order chi connectivity index (χ0) is 27.6. The van der Waals surface area contributed by atoms with Crippen LogP contribution < -0.4 is 0 Å². The normalized spacial score (nSPS) is 48.5. The van der Waals surface area contributed by atoms with Crippen LogP contribution in [0.2, 0.25) is 0 Å². The molecule has 11 unspecified atom stereocenters. The molecular weight excluding hydrogens is 513 g/mol. The maximum Gasteiger partial charge on any atom is 0.472 e. The third-order valence-corrected chi connectivity index (χ3v) is 11.3. The van der Waals surface area contributed by atoms with Gasteiger partial charge in [-0.1, -0.05) is 20.8 Å². The molecule has 0 heterocycles. The smallest absolute Gasteiger partial charge is 0.438 e. The monoisotopic (exact) mass is 554 g/mol. The SMILES string of the molecule is CC(CCC(=O)OCOP(=O)(O)O)C1CCC2C3C(CC(O)C12C)C1(C)CCC(O)(F)CC1CC3(O)F. The van der Waals surface area contributed by atoms with Crippen molar-refractivity contribution < 1.29 is 52.5 Å². The largest absolute Gasteiger partial charge is 0.472 e. The first-order chi connectivity index (χ1) is 16.9. The summed E-state index contributed by atoms with van der Waals surface area (Å²) >= 11 is 0. The zero-order valence-corrected chi connectivity index (χ0v) is 22.6. The number of rotatable bonds is 7. The predicted octanol–water partition coefficient (Wildman–Crippen LogP) is 3.57. The number of carbonyl (C=O) groups is 1. The van der Waals surface area contributed by atoms with Gasteiger partial charge in [0.25, 0.3) is 0 Å². The van der Waals surface area contributed by atoms with E-state index in [9.17, 15) is 29.1 Å². The van der Waals surface area contributed by atoms with E-state index in [2.05, 4.69) is 4.52 Å². The number of hydrogen-bond acceptors (Lipinski definition) is 7. The average molecular weight is 555 g/mol. The van der Waals surface area contributed by atoms with Gasteiger partial charge in [0.1, 0.15) is 0 Å². The lowest BCUT2D eigenvalue weighted by molar-refractivity contribution is -0.296. The van der Waals surface area contributed by atoms with Crippen molar-refractivity contribution in [3.8, 4) is 0 Å². The highest BCUT2D eigenvalue weighted by Gasteiger charge is 2.70. The second-order valence-electron chi connectivity index (χ2n) is 12.7. The Kier molecular flexibility index (Phi) is 7.72. The molecule has 4 aliphatic carbocycles. The van der Waals surface area contributed by atoms with Crippen LogP contribution in [0.3, 0.4) is 0 Å². The molecule has 5 N–H and O–H groups in total. The van der Waals surface area contributed by atoms with Crippen molar-refractivity contribution in [1.82, 2.24) is 0 Å². The number of aliphatic hydroxyl groups excluding tert-OH is 1. The van der Waals surface area contributed by atoms with Crippen LogP contribution in [-0.2, 0) is 18.6 Å². The van der Waals surface area contributed by atoms with Crippen LogP contribution in [0.4, 0.5) is 8.78 Å². The summed E-state index contributed by atoms with van der Waals surface area (Å²) in [4.78, 5) is 29.4. The van der Waals surface area contributed by atoms with Gasteiger partial charge in [-0.05, 0) is 72.5 Å². The molecule has 0 amide bonds. The fourth-order valence-corrected chi connectivity index (χ4v) is 9.05. The number of fused-ring (bicyclic) bond motifs is 5. The number of halogens is 2. The van der Waals surface area contributed by atoms with Gasteiger partial charge in [0, 0.05) is 31.6 Å². The third kappa shape index (κ3) is 5.39. The Balaban J connectivity index is 1.48. The average Bonchev–Trinajstić information content (AvgIpc) is 3.11. The molecule has 11 atom stereocenters. The Morgan fingerprint density at radius 3 is 2.43 bits per heavy atom. The van der Waals surface area contributed by atoms with E-state index in [1.165, 1.54) is 0 Å². The molecule has 0 aliphatic heterocycles. The number of phosphoric ester groups is 1. The van der Waals surface area contributed by atoms with Crippen LogP contribution in [0.15, 0.2) is 0 Å². The number of esters is 1. The standard InChI is InChI=1S/C25H41F2O9P/c1-14(4-7-20(29)35-13-36-37(32,33)34)16-5-6-17-21-18(10-19(28)23(16,17)3)22(2)8-9-24(26,30)11-15(22)12-25(21,27)31/h14-19,21,28,30-31H,4-13H2,1-3H3,(H2,32,33,34). The van der Waals surface area contributed by atoms with Crippen molar-refractivity contribution in [3.05, 3.63) is 0 Å². The first-order valence-corrected chi connectivity index (χ1v) is 14.8. The second kappa shape index (κ2) is 9.75. The van der Waals surface area contributed by atoms with E-state index < -0.39 is 61.1 Å². The summed E-state index contributed by atoms with van der Waals surface area (Å²) in [6.45, 7) is 5.05. The van der Waals surface area contributed by atoms with Crippen LogP contribution in [0.5, 0.6) is 0 Å². The van der Waals surface area contributed by atoms with Crippen molar-refractivity contribution in [3.63, 3.8) is 0 Å². The highest BCUT2D eigenvalue weighted by Crippen LogP contribution is 2.71. The molecule has 0 spiro atoms. The number of phosphoric acid groups is 1. The minimum atomic E-state index is -4.74. The van der Waals surface area contributed by atoms with Crippen LogP contribution in [0, 0.1) is 46.3 Å². The predicted molar refractivity (Wildman–Crippen MR) is 127 cm³/mol. The van der Waals surface area contributed by atoms with Crippen molar-refractivity contribution in [2.45, 2.75) is 96.4 Å². The van der Waals surface area contributed by atoms with Gasteiger partial charge < -0.3 is 29.8 Å². The number of alkyl halides is 2. The minimum absolute atomic E-state index is 0.00990. The molecule has 9 nitrogen and oxygen atoms in total. The molecule has 37 heavy (non-hydrogen) atoms. The summed E-state index contributed by atoms with van der Waals surface area (Å²) in [6.07, 6.45) is 1.09. The lowest BCUT2D eigenvalue weighted by atomic mass is 9.42. The second-order valence-corrected chi connectivity index (χ2v) is 13.9. The zero-order valence-electron chi connectivity index (χ0n) is 21.7. The lowest BCUT2D eigenvalue weighted by Gasteiger charge is -2.64. The molecule has 214 valence electrons. The molecule has 4 saturated carbocycles. The molecule has 0 aromatic heterocycles. The molecule has 12 heteroatoms. The van der Waals surface area contributed by atoms with E-state index in [4.69, 9.17) is 14.5 Å². The number of carbonyl (C=O) groups excluding carboxylic acids is 1. The van der Waals surface area contributed by atoms with Gasteiger partial charge in [0.2, 0.25) is 18.5 Å². The fraction of sp³-hybridized carbons (Fsp3) is 0.960. The van der Waals surface area contributed by atoms with Crippen molar-refractivity contribution >= 4 is 13.8 Å². The van der Waals surface area contributed by atoms with Crippen LogP contribution in [0.25, 0.3) is 0 Å². The summed E-state index contributed by atoms with van der Waals surface area (Å²) in [5.41, 5.74) is -1.18. The molecule has 0 saturated heterocycles. The molecule has 0 bridgehead atoms. The first-order valence-electron chi connectivity index (χ1n) is 13.3. The van der Waals surface area contributed by atoms with Gasteiger partial charge in [0.05, 0.1) is 6.10 Å². The van der Waals surface area contributed by atoms with Gasteiger partial charge in [-0.2, -0.15) is 0 Å². The van der Waals surface area contributed by atoms with E-state index >= 15 is 4.39 Å². The highest BCUT2D eigenvalue weighted by atomic mass is 31.2. The van der Waals surface area contributed by atoms with Gasteiger partial charge in [0.15, 0.2) is 0 Å². The molecule has 4 rings (SSSR count).